The van der Waals surface area contributed by atoms with Crippen LogP contribution >= 0.6 is 0 Å². The van der Waals surface area contributed by atoms with Crippen molar-refractivity contribution in [3.05, 3.63) is 12.2 Å². The first-order valence-electron chi connectivity index (χ1n) is 2.57. The second-order valence-corrected chi connectivity index (χ2v) is 1.85. The van der Waals surface area contributed by atoms with Crippen molar-refractivity contribution in [3.8, 4) is 0 Å². The molecule has 1 atom stereocenters. The van der Waals surface area contributed by atoms with Crippen LogP contribution in [-0.2, 0) is 9.59 Å². The zero-order valence-corrected chi connectivity index (χ0v) is 5.42. The van der Waals surface area contributed by atoms with Crippen LogP contribution in [0.25, 0.3) is 0 Å². The zero-order chi connectivity index (χ0) is 8.31. The lowest BCUT2D eigenvalue weighted by atomic mass is 10.0. The van der Waals surface area contributed by atoms with Gasteiger partial charge in [0.25, 0.3) is 0 Å². The summed E-state index contributed by atoms with van der Waals surface area (Å²) in [4.78, 5) is 19.9. The fourth-order valence-electron chi connectivity index (χ4n) is 0.319. The molecule has 0 N–H and O–H groups in total. The fraction of sp³-hybridized carbons (Fsp3) is 0.333. The summed E-state index contributed by atoms with van der Waals surface area (Å²) in [7, 11) is 0. The molecule has 0 fully saturated rings. The van der Waals surface area contributed by atoms with Gasteiger partial charge < -0.3 is 19.8 Å². The van der Waals surface area contributed by atoms with Crippen LogP contribution < -0.4 is 10.2 Å². The molecule has 0 amide bonds. The fourth-order valence-corrected chi connectivity index (χ4v) is 0.319. The average Bonchev–Trinajstić information content (AvgIpc) is 1.84. The molecule has 56 valence electrons. The van der Waals surface area contributed by atoms with Gasteiger partial charge in [0, 0.05) is 11.9 Å². The lowest BCUT2D eigenvalue weighted by Crippen LogP contribution is -2.36. The molecule has 0 aliphatic heterocycles. The molecule has 0 heterocycles. The molecule has 0 saturated heterocycles. The lowest BCUT2D eigenvalue weighted by molar-refractivity contribution is -0.314. The first kappa shape index (κ1) is 8.68. The number of hydrogen-bond donors (Lipinski definition) is 0. The Kier molecular flexibility index (Phi) is 2.61. The van der Waals surface area contributed by atoms with Crippen molar-refractivity contribution in [1.29, 1.82) is 0 Å². The monoisotopic (exact) mass is 142 g/mol. The summed E-state index contributed by atoms with van der Waals surface area (Å²) >= 11 is 0. The molecule has 10 heavy (non-hydrogen) atoms. The second-order valence-electron chi connectivity index (χ2n) is 1.85. The van der Waals surface area contributed by atoms with E-state index in [1.165, 1.54) is 6.92 Å². The molecular formula is C6H6O4-2. The van der Waals surface area contributed by atoms with Gasteiger partial charge in [-0.3, -0.25) is 0 Å². The van der Waals surface area contributed by atoms with E-state index in [-0.39, 0.29) is 0 Å². The highest BCUT2D eigenvalue weighted by molar-refractivity contribution is 5.91. The minimum atomic E-state index is -1.56. The van der Waals surface area contributed by atoms with Crippen molar-refractivity contribution >= 4 is 11.9 Å². The Morgan fingerprint density at radius 3 is 1.90 bits per heavy atom. The van der Waals surface area contributed by atoms with Crippen LogP contribution in [0.4, 0.5) is 0 Å². The third-order valence-electron chi connectivity index (χ3n) is 1.14. The largest absolute Gasteiger partial charge is 0.550 e. The van der Waals surface area contributed by atoms with Crippen molar-refractivity contribution in [2.24, 2.45) is 5.92 Å². The highest BCUT2D eigenvalue weighted by Crippen LogP contribution is 2.04. The summed E-state index contributed by atoms with van der Waals surface area (Å²) in [6, 6.07) is 0. The highest BCUT2D eigenvalue weighted by atomic mass is 16.4. The predicted octanol–water partition coefficient (Wildman–Crippen LogP) is -2.32. The molecule has 4 nitrogen and oxygen atoms in total. The van der Waals surface area contributed by atoms with Gasteiger partial charge in [-0.05, 0) is 5.57 Å². The predicted molar refractivity (Wildman–Crippen MR) is 28.3 cm³/mol. The Balaban J connectivity index is 4.22. The number of aliphatic carboxylic acids is 2. The number of carboxylic acid groups (broad SMARTS) is 2. The minimum absolute atomic E-state index is 0.472. The molecule has 0 aliphatic rings. The Morgan fingerprint density at radius 1 is 1.40 bits per heavy atom. The van der Waals surface area contributed by atoms with Crippen LogP contribution in [-0.4, -0.2) is 11.9 Å². The van der Waals surface area contributed by atoms with E-state index >= 15 is 0 Å². The zero-order valence-electron chi connectivity index (χ0n) is 5.42. The van der Waals surface area contributed by atoms with E-state index < -0.39 is 23.4 Å². The summed E-state index contributed by atoms with van der Waals surface area (Å²) in [5.74, 6) is -4.21. The van der Waals surface area contributed by atoms with E-state index in [1.807, 2.05) is 0 Å². The quantitative estimate of drug-likeness (QED) is 0.414. The molecule has 0 radical (unpaired) electrons. The van der Waals surface area contributed by atoms with Crippen LogP contribution in [0.2, 0.25) is 0 Å². The normalized spacial score (nSPS) is 12.1. The topological polar surface area (TPSA) is 80.3 Å². The summed E-state index contributed by atoms with van der Waals surface area (Å²) < 4.78 is 0. The van der Waals surface area contributed by atoms with Gasteiger partial charge in [-0.1, -0.05) is 13.5 Å². The molecular weight excluding hydrogens is 136 g/mol. The van der Waals surface area contributed by atoms with E-state index in [0.29, 0.717) is 0 Å². The Morgan fingerprint density at radius 2 is 1.80 bits per heavy atom. The van der Waals surface area contributed by atoms with Crippen LogP contribution in [0.3, 0.4) is 0 Å². The van der Waals surface area contributed by atoms with Gasteiger partial charge in [0.05, 0.1) is 5.97 Å². The molecule has 1 unspecified atom stereocenters. The average molecular weight is 142 g/mol. The lowest BCUT2D eigenvalue weighted by Gasteiger charge is -2.15. The summed E-state index contributed by atoms with van der Waals surface area (Å²) in [5.41, 5.74) is -0.472. The summed E-state index contributed by atoms with van der Waals surface area (Å²) in [6.07, 6.45) is 0. The Labute approximate surface area is 57.8 Å². The maximum absolute atomic E-state index is 9.98. The highest BCUT2D eigenvalue weighted by Gasteiger charge is 2.07. The maximum atomic E-state index is 9.98. The molecule has 0 saturated carbocycles. The van der Waals surface area contributed by atoms with Crippen LogP contribution in [0, 0.1) is 5.92 Å². The van der Waals surface area contributed by atoms with Gasteiger partial charge in [-0.15, -0.1) is 0 Å². The van der Waals surface area contributed by atoms with Crippen molar-refractivity contribution in [2.45, 2.75) is 6.92 Å². The summed E-state index contributed by atoms with van der Waals surface area (Å²) in [6.45, 7) is 4.17. The van der Waals surface area contributed by atoms with Gasteiger partial charge in [-0.2, -0.15) is 0 Å². The van der Waals surface area contributed by atoms with E-state index in [4.69, 9.17) is 0 Å². The van der Waals surface area contributed by atoms with Gasteiger partial charge in [0.2, 0.25) is 0 Å². The summed E-state index contributed by atoms with van der Waals surface area (Å²) in [5, 5.41) is 19.9. The molecule has 0 aliphatic carbocycles. The van der Waals surface area contributed by atoms with E-state index in [2.05, 4.69) is 6.58 Å². The van der Waals surface area contributed by atoms with Gasteiger partial charge >= 0.3 is 0 Å². The van der Waals surface area contributed by atoms with Gasteiger partial charge in [0.15, 0.2) is 0 Å². The smallest absolute Gasteiger partial charge is 0.0675 e. The van der Waals surface area contributed by atoms with Crippen LogP contribution in [0.5, 0.6) is 0 Å². The van der Waals surface area contributed by atoms with Crippen molar-refractivity contribution in [3.63, 3.8) is 0 Å². The SMILES string of the molecule is C=C(C(=O)[O-])C(C)C(=O)[O-]. The second kappa shape index (κ2) is 3.00. The third-order valence-corrected chi connectivity index (χ3v) is 1.14. The van der Waals surface area contributed by atoms with Crippen LogP contribution in [0.15, 0.2) is 12.2 Å². The Hall–Kier alpha value is -1.32. The molecule has 0 aromatic carbocycles. The number of rotatable bonds is 3. The first-order chi connectivity index (χ1) is 4.46. The standard InChI is InChI=1S/C6H8O4/c1-3(5(7)8)4(2)6(9)10/h4H,1H2,2H3,(H,7,8)(H,9,10)/p-2. The first-order valence-corrected chi connectivity index (χ1v) is 2.57. The number of carbonyl (C=O) groups is 2. The maximum Gasteiger partial charge on any atom is 0.0675 e. The van der Waals surface area contributed by atoms with E-state index in [1.54, 1.807) is 0 Å². The van der Waals surface area contributed by atoms with Crippen molar-refractivity contribution < 1.29 is 19.8 Å². The van der Waals surface area contributed by atoms with E-state index in [9.17, 15) is 19.8 Å². The molecule has 0 aromatic heterocycles. The number of carbonyl (C=O) groups excluding carboxylic acids is 2. The molecule has 0 spiro atoms. The number of carboxylic acids is 2. The van der Waals surface area contributed by atoms with Crippen molar-refractivity contribution in [1.82, 2.24) is 0 Å². The molecule has 0 rings (SSSR count). The van der Waals surface area contributed by atoms with Gasteiger partial charge in [0.1, 0.15) is 0 Å². The molecule has 0 bridgehead atoms. The number of hydrogen-bond acceptors (Lipinski definition) is 4. The molecule has 4 heteroatoms. The Bertz CT molecular complexity index is 182. The van der Waals surface area contributed by atoms with E-state index in [0.717, 1.165) is 0 Å². The van der Waals surface area contributed by atoms with Gasteiger partial charge in [-0.25, -0.2) is 0 Å². The minimum Gasteiger partial charge on any atom is -0.550 e. The third kappa shape index (κ3) is 1.89. The molecule has 0 aromatic rings. The van der Waals surface area contributed by atoms with Crippen LogP contribution in [0.1, 0.15) is 6.92 Å². The van der Waals surface area contributed by atoms with Crippen molar-refractivity contribution in [2.75, 3.05) is 0 Å².